The van der Waals surface area contributed by atoms with Crippen molar-refractivity contribution in [1.29, 1.82) is 0 Å². The summed E-state index contributed by atoms with van der Waals surface area (Å²) in [7, 11) is 0. The van der Waals surface area contributed by atoms with Crippen molar-refractivity contribution in [3.63, 3.8) is 0 Å². The Hall–Kier alpha value is -1.61. The molecule has 3 heteroatoms. The Morgan fingerprint density at radius 1 is 1.16 bits per heavy atom. The van der Waals surface area contributed by atoms with Gasteiger partial charge in [-0.25, -0.2) is 0 Å². The largest absolute Gasteiger partial charge is 0.309 e. The Labute approximate surface area is 115 Å². The van der Waals surface area contributed by atoms with Crippen LogP contribution in [0.2, 0.25) is 0 Å². The van der Waals surface area contributed by atoms with Crippen molar-refractivity contribution in [1.82, 2.24) is 15.1 Å². The van der Waals surface area contributed by atoms with E-state index in [0.29, 0.717) is 6.04 Å². The fraction of sp³-hybridized carbons (Fsp3) is 0.438. The van der Waals surface area contributed by atoms with E-state index in [1.807, 2.05) is 12.3 Å². The molecular weight excluding hydrogens is 234 g/mol. The Morgan fingerprint density at radius 3 is 2.42 bits per heavy atom. The van der Waals surface area contributed by atoms with E-state index >= 15 is 0 Å². The Morgan fingerprint density at radius 2 is 1.89 bits per heavy atom. The molecule has 1 aromatic carbocycles. The summed E-state index contributed by atoms with van der Waals surface area (Å²) < 4.78 is 2.06. The lowest BCUT2D eigenvalue weighted by Crippen LogP contribution is -2.26. The molecule has 0 radical (unpaired) electrons. The van der Waals surface area contributed by atoms with Crippen LogP contribution in [-0.4, -0.2) is 16.3 Å². The molecule has 102 valence electrons. The first kappa shape index (κ1) is 13.8. The number of hydrogen-bond acceptors (Lipinski definition) is 2. The minimum atomic E-state index is 0.314. The first-order chi connectivity index (χ1) is 9.24. The second-order valence-electron chi connectivity index (χ2n) is 4.86. The lowest BCUT2D eigenvalue weighted by molar-refractivity contribution is 0.442. The van der Waals surface area contributed by atoms with E-state index in [2.05, 4.69) is 60.1 Å². The zero-order chi connectivity index (χ0) is 13.7. The van der Waals surface area contributed by atoms with Gasteiger partial charge in [0.1, 0.15) is 0 Å². The van der Waals surface area contributed by atoms with Crippen molar-refractivity contribution >= 4 is 0 Å². The molecule has 0 amide bonds. The molecule has 1 aromatic heterocycles. The standard InChI is InChI=1S/C16H23N3/c1-4-14-6-8-15(9-7-14)16(17-5-2)12-19-13(3)10-11-18-19/h6-11,16-17H,4-5,12H2,1-3H3. The predicted molar refractivity (Wildman–Crippen MR) is 79.2 cm³/mol. The zero-order valence-electron chi connectivity index (χ0n) is 12.1. The van der Waals surface area contributed by atoms with Gasteiger partial charge in [0.15, 0.2) is 0 Å². The Bertz CT molecular complexity index is 499. The van der Waals surface area contributed by atoms with E-state index in [4.69, 9.17) is 0 Å². The summed E-state index contributed by atoms with van der Waals surface area (Å²) in [5.41, 5.74) is 3.91. The van der Waals surface area contributed by atoms with E-state index in [1.165, 1.54) is 16.8 Å². The lowest BCUT2D eigenvalue weighted by atomic mass is 10.0. The van der Waals surface area contributed by atoms with Gasteiger partial charge in [0.2, 0.25) is 0 Å². The van der Waals surface area contributed by atoms with E-state index < -0.39 is 0 Å². The zero-order valence-corrected chi connectivity index (χ0v) is 12.1. The molecule has 0 aliphatic heterocycles. The SMILES string of the molecule is CCNC(Cn1nccc1C)c1ccc(CC)cc1. The van der Waals surface area contributed by atoms with Crippen LogP contribution in [-0.2, 0) is 13.0 Å². The van der Waals surface area contributed by atoms with Crippen LogP contribution in [0.25, 0.3) is 0 Å². The molecule has 19 heavy (non-hydrogen) atoms. The number of rotatable bonds is 6. The van der Waals surface area contributed by atoms with Crippen molar-refractivity contribution in [2.45, 2.75) is 39.8 Å². The highest BCUT2D eigenvalue weighted by atomic mass is 15.3. The van der Waals surface area contributed by atoms with Crippen molar-refractivity contribution in [3.05, 3.63) is 53.3 Å². The summed E-state index contributed by atoms with van der Waals surface area (Å²) >= 11 is 0. The van der Waals surface area contributed by atoms with E-state index in [9.17, 15) is 0 Å². The lowest BCUT2D eigenvalue weighted by Gasteiger charge is -2.19. The van der Waals surface area contributed by atoms with Gasteiger partial charge >= 0.3 is 0 Å². The quantitative estimate of drug-likeness (QED) is 0.861. The Kier molecular flexibility index (Phi) is 4.74. The number of nitrogens with one attached hydrogen (secondary N) is 1. The van der Waals surface area contributed by atoms with Gasteiger partial charge in [-0.3, -0.25) is 4.68 Å². The molecule has 1 heterocycles. The summed E-state index contributed by atoms with van der Waals surface area (Å²) in [5.74, 6) is 0. The van der Waals surface area contributed by atoms with Crippen LogP contribution in [0.5, 0.6) is 0 Å². The molecule has 2 aromatic rings. The van der Waals surface area contributed by atoms with Crippen LogP contribution in [0.4, 0.5) is 0 Å². The number of nitrogens with zero attached hydrogens (tertiary/aromatic N) is 2. The summed E-state index contributed by atoms with van der Waals surface area (Å²) in [6.07, 6.45) is 2.95. The van der Waals surface area contributed by atoms with Crippen molar-refractivity contribution in [2.75, 3.05) is 6.54 Å². The van der Waals surface area contributed by atoms with E-state index in [0.717, 1.165) is 19.5 Å². The third-order valence-electron chi connectivity index (χ3n) is 3.53. The number of benzene rings is 1. The average molecular weight is 257 g/mol. The van der Waals surface area contributed by atoms with Gasteiger partial charge in [0, 0.05) is 11.9 Å². The minimum Gasteiger partial charge on any atom is -0.309 e. The van der Waals surface area contributed by atoms with Crippen LogP contribution in [0, 0.1) is 6.92 Å². The van der Waals surface area contributed by atoms with Gasteiger partial charge in [-0.2, -0.15) is 5.10 Å². The van der Waals surface area contributed by atoms with Crippen LogP contribution < -0.4 is 5.32 Å². The normalized spacial score (nSPS) is 12.6. The highest BCUT2D eigenvalue weighted by molar-refractivity contribution is 5.25. The van der Waals surface area contributed by atoms with Crippen molar-refractivity contribution in [2.24, 2.45) is 0 Å². The van der Waals surface area contributed by atoms with Crippen LogP contribution in [0.15, 0.2) is 36.5 Å². The maximum absolute atomic E-state index is 4.37. The maximum Gasteiger partial charge on any atom is 0.0607 e. The third kappa shape index (κ3) is 3.44. The van der Waals surface area contributed by atoms with Gasteiger partial charge in [-0.05, 0) is 37.1 Å². The smallest absolute Gasteiger partial charge is 0.0607 e. The molecule has 1 unspecified atom stereocenters. The van der Waals surface area contributed by atoms with Crippen molar-refractivity contribution in [3.8, 4) is 0 Å². The number of aryl methyl sites for hydroxylation is 2. The van der Waals surface area contributed by atoms with Gasteiger partial charge < -0.3 is 5.32 Å². The maximum atomic E-state index is 4.37. The molecule has 0 bridgehead atoms. The molecule has 1 atom stereocenters. The van der Waals surface area contributed by atoms with Gasteiger partial charge in [0.05, 0.1) is 12.6 Å². The molecule has 0 fully saturated rings. The third-order valence-corrected chi connectivity index (χ3v) is 3.53. The molecule has 1 N–H and O–H groups in total. The first-order valence-corrected chi connectivity index (χ1v) is 7.05. The molecule has 2 rings (SSSR count). The summed E-state index contributed by atoms with van der Waals surface area (Å²) in [6, 6.07) is 11.2. The average Bonchev–Trinajstić information content (AvgIpc) is 2.84. The van der Waals surface area contributed by atoms with Crippen LogP contribution in [0.1, 0.15) is 36.7 Å². The molecule has 0 aliphatic rings. The second kappa shape index (κ2) is 6.53. The fourth-order valence-corrected chi connectivity index (χ4v) is 2.28. The van der Waals surface area contributed by atoms with Gasteiger partial charge in [0.25, 0.3) is 0 Å². The topological polar surface area (TPSA) is 29.9 Å². The van der Waals surface area contributed by atoms with E-state index in [-0.39, 0.29) is 0 Å². The second-order valence-corrected chi connectivity index (χ2v) is 4.86. The number of hydrogen-bond donors (Lipinski definition) is 1. The van der Waals surface area contributed by atoms with Crippen LogP contribution >= 0.6 is 0 Å². The fourth-order valence-electron chi connectivity index (χ4n) is 2.28. The van der Waals surface area contributed by atoms with Gasteiger partial charge in [-0.1, -0.05) is 38.1 Å². The molecule has 3 nitrogen and oxygen atoms in total. The molecule has 0 saturated carbocycles. The monoisotopic (exact) mass is 257 g/mol. The molecule has 0 aliphatic carbocycles. The number of aromatic nitrogens is 2. The minimum absolute atomic E-state index is 0.314. The molecular formula is C16H23N3. The molecule has 0 spiro atoms. The first-order valence-electron chi connectivity index (χ1n) is 7.05. The highest BCUT2D eigenvalue weighted by Crippen LogP contribution is 2.17. The predicted octanol–water partition coefficient (Wildman–Crippen LogP) is 3.10. The Balaban J connectivity index is 2.16. The summed E-state index contributed by atoms with van der Waals surface area (Å²) in [6.45, 7) is 8.25. The highest BCUT2D eigenvalue weighted by Gasteiger charge is 2.12. The van der Waals surface area contributed by atoms with Crippen LogP contribution in [0.3, 0.4) is 0 Å². The summed E-state index contributed by atoms with van der Waals surface area (Å²) in [5, 5.41) is 7.91. The van der Waals surface area contributed by atoms with Crippen molar-refractivity contribution < 1.29 is 0 Å². The van der Waals surface area contributed by atoms with E-state index in [1.54, 1.807) is 0 Å². The summed E-state index contributed by atoms with van der Waals surface area (Å²) in [4.78, 5) is 0. The number of likely N-dealkylation sites (N-methyl/N-ethyl adjacent to an activating group) is 1. The van der Waals surface area contributed by atoms with Gasteiger partial charge in [-0.15, -0.1) is 0 Å². The molecule has 0 saturated heterocycles.